The van der Waals surface area contributed by atoms with E-state index in [1.54, 1.807) is 0 Å². The van der Waals surface area contributed by atoms with Crippen molar-refractivity contribution in [3.05, 3.63) is 108 Å². The van der Waals surface area contributed by atoms with Crippen molar-refractivity contribution in [3.8, 4) is 0 Å². The van der Waals surface area contributed by atoms with E-state index in [1.807, 2.05) is 0 Å². The van der Waals surface area contributed by atoms with E-state index in [9.17, 15) is 0 Å². The first-order chi connectivity index (χ1) is 12.3. The zero-order valence-electron chi connectivity index (χ0n) is 14.8. The number of likely N-dealkylation sites (tertiary alicyclic amines) is 1. The lowest BCUT2D eigenvalue weighted by Crippen LogP contribution is -2.32. The van der Waals surface area contributed by atoms with Gasteiger partial charge in [-0.1, -0.05) is 91.0 Å². The predicted molar refractivity (Wildman–Crippen MR) is 105 cm³/mol. The lowest BCUT2D eigenvalue weighted by Gasteiger charge is -2.31. The van der Waals surface area contributed by atoms with Gasteiger partial charge >= 0.3 is 0 Å². The first-order valence-electron chi connectivity index (χ1n) is 9.17. The van der Waals surface area contributed by atoms with Crippen molar-refractivity contribution >= 4 is 0 Å². The molecule has 0 aromatic heterocycles. The van der Waals surface area contributed by atoms with E-state index >= 15 is 0 Å². The summed E-state index contributed by atoms with van der Waals surface area (Å²) in [6, 6.07) is 33.5. The molecule has 0 bridgehead atoms. The Morgan fingerprint density at radius 2 is 1.24 bits per heavy atom. The van der Waals surface area contributed by atoms with E-state index < -0.39 is 0 Å². The van der Waals surface area contributed by atoms with E-state index in [-0.39, 0.29) is 5.41 Å². The van der Waals surface area contributed by atoms with Gasteiger partial charge in [-0.15, -0.1) is 0 Å². The second kappa shape index (κ2) is 6.85. The molecule has 1 nitrogen and oxygen atoms in total. The Labute approximate surface area is 150 Å². The summed E-state index contributed by atoms with van der Waals surface area (Å²) >= 11 is 0. The van der Waals surface area contributed by atoms with E-state index in [1.165, 1.54) is 16.7 Å². The fraction of sp³-hybridized carbons (Fsp3) is 0.250. The molecule has 0 spiro atoms. The van der Waals surface area contributed by atoms with E-state index in [0.717, 1.165) is 19.5 Å². The topological polar surface area (TPSA) is 3.24 Å². The highest BCUT2D eigenvalue weighted by molar-refractivity contribution is 5.42. The van der Waals surface area contributed by atoms with Crippen LogP contribution in [0.15, 0.2) is 91.0 Å². The van der Waals surface area contributed by atoms with Crippen LogP contribution in [0.2, 0.25) is 0 Å². The van der Waals surface area contributed by atoms with Gasteiger partial charge in [-0.2, -0.15) is 0 Å². The van der Waals surface area contributed by atoms with Crippen LogP contribution in [-0.2, 0) is 12.0 Å². The smallest absolute Gasteiger partial charge is 0.0344 e. The number of rotatable bonds is 4. The maximum atomic E-state index is 2.63. The minimum absolute atomic E-state index is 0.0801. The summed E-state index contributed by atoms with van der Waals surface area (Å²) in [5, 5.41) is 0. The van der Waals surface area contributed by atoms with Gasteiger partial charge in [-0.3, -0.25) is 4.90 Å². The molecule has 0 amide bonds. The zero-order valence-corrected chi connectivity index (χ0v) is 14.8. The quantitative estimate of drug-likeness (QED) is 0.631. The van der Waals surface area contributed by atoms with E-state index in [4.69, 9.17) is 0 Å². The van der Waals surface area contributed by atoms with Gasteiger partial charge in [0.25, 0.3) is 0 Å². The van der Waals surface area contributed by atoms with Crippen LogP contribution in [0.4, 0.5) is 0 Å². The van der Waals surface area contributed by atoms with Crippen molar-refractivity contribution in [1.82, 2.24) is 4.90 Å². The minimum Gasteiger partial charge on any atom is -0.295 e. The van der Waals surface area contributed by atoms with Crippen LogP contribution in [0.5, 0.6) is 0 Å². The summed E-state index contributed by atoms with van der Waals surface area (Å²) in [5.74, 6) is 0. The van der Waals surface area contributed by atoms with Crippen molar-refractivity contribution in [3.63, 3.8) is 0 Å². The third kappa shape index (κ3) is 3.12. The molecule has 0 N–H and O–H groups in total. The number of hydrogen-bond acceptors (Lipinski definition) is 1. The average Bonchev–Trinajstić information content (AvgIpc) is 3.01. The van der Waals surface area contributed by atoms with Crippen molar-refractivity contribution in [2.24, 2.45) is 0 Å². The van der Waals surface area contributed by atoms with Crippen LogP contribution in [0.1, 0.15) is 30.0 Å². The Balaban J connectivity index is 1.71. The molecule has 25 heavy (non-hydrogen) atoms. The Hall–Kier alpha value is -2.38. The molecular formula is C24H25N. The number of hydrogen-bond donors (Lipinski definition) is 0. The van der Waals surface area contributed by atoms with Gasteiger partial charge < -0.3 is 0 Å². The van der Waals surface area contributed by atoms with Crippen LogP contribution in [0, 0.1) is 0 Å². The normalized spacial score (nSPS) is 19.8. The van der Waals surface area contributed by atoms with Gasteiger partial charge in [0.15, 0.2) is 0 Å². The highest BCUT2D eigenvalue weighted by Gasteiger charge is 2.44. The third-order valence-corrected chi connectivity index (χ3v) is 5.62. The Morgan fingerprint density at radius 1 is 0.760 bits per heavy atom. The van der Waals surface area contributed by atoms with E-state index in [2.05, 4.69) is 103 Å². The summed E-state index contributed by atoms with van der Waals surface area (Å²) in [6.07, 6.45) is 1.16. The molecule has 0 aliphatic carbocycles. The second-order valence-electron chi connectivity index (χ2n) is 7.26. The van der Waals surface area contributed by atoms with Gasteiger partial charge in [0.2, 0.25) is 0 Å². The maximum absolute atomic E-state index is 2.63. The van der Waals surface area contributed by atoms with Crippen molar-refractivity contribution in [2.75, 3.05) is 6.54 Å². The fourth-order valence-corrected chi connectivity index (χ4v) is 4.33. The highest BCUT2D eigenvalue weighted by atomic mass is 15.2. The molecule has 4 rings (SSSR count). The van der Waals surface area contributed by atoms with Gasteiger partial charge in [0.1, 0.15) is 0 Å². The Kier molecular flexibility index (Phi) is 4.42. The molecule has 0 radical (unpaired) electrons. The lowest BCUT2D eigenvalue weighted by atomic mass is 9.73. The lowest BCUT2D eigenvalue weighted by molar-refractivity contribution is 0.255. The van der Waals surface area contributed by atoms with Crippen LogP contribution in [-0.4, -0.2) is 17.5 Å². The van der Waals surface area contributed by atoms with Crippen LogP contribution >= 0.6 is 0 Å². The third-order valence-electron chi connectivity index (χ3n) is 5.62. The predicted octanol–water partition coefficient (Wildman–Crippen LogP) is 5.27. The molecule has 1 saturated heterocycles. The molecule has 3 aromatic rings. The zero-order chi connectivity index (χ0) is 17.1. The highest BCUT2D eigenvalue weighted by Crippen LogP contribution is 2.43. The van der Waals surface area contributed by atoms with Crippen LogP contribution in [0.25, 0.3) is 0 Å². The fourth-order valence-electron chi connectivity index (χ4n) is 4.33. The monoisotopic (exact) mass is 327 g/mol. The van der Waals surface area contributed by atoms with Gasteiger partial charge in [-0.25, -0.2) is 0 Å². The van der Waals surface area contributed by atoms with Crippen molar-refractivity contribution in [2.45, 2.75) is 31.3 Å². The molecule has 1 fully saturated rings. The average molecular weight is 327 g/mol. The SMILES string of the molecule is CC1CC(c2ccccc2)(c2ccccc2)CN1Cc1ccccc1. The largest absolute Gasteiger partial charge is 0.295 e. The first-order valence-corrected chi connectivity index (χ1v) is 9.17. The molecule has 0 saturated carbocycles. The summed E-state index contributed by atoms with van der Waals surface area (Å²) in [5.41, 5.74) is 4.34. The van der Waals surface area contributed by atoms with Crippen molar-refractivity contribution < 1.29 is 0 Å². The van der Waals surface area contributed by atoms with Crippen LogP contribution in [0.3, 0.4) is 0 Å². The Bertz CT molecular complexity index is 756. The van der Waals surface area contributed by atoms with Crippen molar-refractivity contribution in [1.29, 1.82) is 0 Å². The summed E-state index contributed by atoms with van der Waals surface area (Å²) in [6.45, 7) is 4.46. The first kappa shape index (κ1) is 16.1. The molecule has 1 unspecified atom stereocenters. The summed E-state index contributed by atoms with van der Waals surface area (Å²) in [4.78, 5) is 2.63. The minimum atomic E-state index is 0.0801. The summed E-state index contributed by atoms with van der Waals surface area (Å²) < 4.78 is 0. The molecule has 3 aromatic carbocycles. The molecular weight excluding hydrogens is 302 g/mol. The standard InChI is InChI=1S/C24H25N/c1-20-17-24(22-13-7-3-8-14-22,23-15-9-4-10-16-23)19-25(20)18-21-11-5-2-6-12-21/h2-16,20H,17-19H2,1H3. The van der Waals surface area contributed by atoms with E-state index in [0.29, 0.717) is 6.04 Å². The number of benzene rings is 3. The maximum Gasteiger partial charge on any atom is 0.0344 e. The molecule has 1 heteroatoms. The van der Waals surface area contributed by atoms with Gasteiger partial charge in [0.05, 0.1) is 0 Å². The molecule has 1 aliphatic heterocycles. The van der Waals surface area contributed by atoms with Crippen LogP contribution < -0.4 is 0 Å². The summed E-state index contributed by atoms with van der Waals surface area (Å²) in [7, 11) is 0. The Morgan fingerprint density at radius 3 is 1.76 bits per heavy atom. The molecule has 1 atom stereocenters. The number of nitrogens with zero attached hydrogens (tertiary/aromatic N) is 1. The van der Waals surface area contributed by atoms with Gasteiger partial charge in [0, 0.05) is 24.5 Å². The second-order valence-corrected chi connectivity index (χ2v) is 7.26. The molecule has 1 heterocycles. The molecule has 1 aliphatic rings. The van der Waals surface area contributed by atoms with Gasteiger partial charge in [-0.05, 0) is 30.0 Å². The molecule has 126 valence electrons.